The molecule has 0 radical (unpaired) electrons. The Kier molecular flexibility index (Phi) is 4.59. The number of benzene rings is 1. The van der Waals surface area contributed by atoms with Gasteiger partial charge in [-0.15, -0.1) is 0 Å². The van der Waals surface area contributed by atoms with Crippen molar-refractivity contribution in [1.29, 1.82) is 0 Å². The summed E-state index contributed by atoms with van der Waals surface area (Å²) in [4.78, 5) is 4.61. The van der Waals surface area contributed by atoms with E-state index < -0.39 is 0 Å². The molecular weight excluding hydrogens is 347 g/mol. The zero-order chi connectivity index (χ0) is 14.2. The SMILES string of the molecule is CCNc1c(CC)c(C)nc2c(Cl)c(Cl)c(Br)cc12. The molecule has 19 heavy (non-hydrogen) atoms. The molecule has 1 aromatic heterocycles. The van der Waals surface area contributed by atoms with E-state index in [1.165, 1.54) is 5.56 Å². The van der Waals surface area contributed by atoms with Crippen molar-refractivity contribution >= 4 is 55.7 Å². The van der Waals surface area contributed by atoms with Crippen molar-refractivity contribution in [2.45, 2.75) is 27.2 Å². The minimum absolute atomic E-state index is 0.496. The number of fused-ring (bicyclic) bond motifs is 1. The van der Waals surface area contributed by atoms with E-state index in [9.17, 15) is 0 Å². The summed E-state index contributed by atoms with van der Waals surface area (Å²) in [5.41, 5.74) is 4.07. The first kappa shape index (κ1) is 14.9. The topological polar surface area (TPSA) is 24.9 Å². The Balaban J connectivity index is 2.92. The molecule has 0 saturated heterocycles. The van der Waals surface area contributed by atoms with Gasteiger partial charge in [0, 0.05) is 27.8 Å². The molecule has 0 spiro atoms. The summed E-state index contributed by atoms with van der Waals surface area (Å²) in [7, 11) is 0. The van der Waals surface area contributed by atoms with E-state index in [2.05, 4.69) is 40.1 Å². The minimum Gasteiger partial charge on any atom is -0.384 e. The maximum atomic E-state index is 6.32. The van der Waals surface area contributed by atoms with Crippen LogP contribution in [0, 0.1) is 6.92 Å². The number of aromatic nitrogens is 1. The molecule has 0 aliphatic heterocycles. The molecule has 0 amide bonds. The van der Waals surface area contributed by atoms with E-state index in [0.29, 0.717) is 10.0 Å². The van der Waals surface area contributed by atoms with Crippen LogP contribution in [0.25, 0.3) is 10.9 Å². The summed E-state index contributed by atoms with van der Waals surface area (Å²) < 4.78 is 0.790. The Morgan fingerprint density at radius 3 is 2.53 bits per heavy atom. The second-order valence-corrected chi connectivity index (χ2v) is 5.93. The number of nitrogens with one attached hydrogen (secondary N) is 1. The lowest BCUT2D eigenvalue weighted by Gasteiger charge is -2.17. The van der Waals surface area contributed by atoms with Gasteiger partial charge in [-0.2, -0.15) is 0 Å². The first-order chi connectivity index (χ1) is 9.01. The Hall–Kier alpha value is -0.510. The molecule has 1 aromatic carbocycles. The highest BCUT2D eigenvalue weighted by Gasteiger charge is 2.16. The molecule has 1 N–H and O–H groups in total. The lowest BCUT2D eigenvalue weighted by Crippen LogP contribution is -2.05. The Morgan fingerprint density at radius 1 is 1.26 bits per heavy atom. The van der Waals surface area contributed by atoms with Gasteiger partial charge in [-0.1, -0.05) is 30.1 Å². The van der Waals surface area contributed by atoms with Crippen LogP contribution in [0.5, 0.6) is 0 Å². The van der Waals surface area contributed by atoms with E-state index in [4.69, 9.17) is 23.2 Å². The maximum Gasteiger partial charge on any atom is 0.0928 e. The van der Waals surface area contributed by atoms with E-state index in [-0.39, 0.29) is 0 Å². The van der Waals surface area contributed by atoms with Crippen LogP contribution in [0.1, 0.15) is 25.1 Å². The van der Waals surface area contributed by atoms with Crippen molar-refractivity contribution in [2.24, 2.45) is 0 Å². The smallest absolute Gasteiger partial charge is 0.0928 e. The van der Waals surface area contributed by atoms with Gasteiger partial charge in [0.2, 0.25) is 0 Å². The number of halogens is 3. The number of hydrogen-bond acceptors (Lipinski definition) is 2. The second kappa shape index (κ2) is 5.86. The molecule has 0 unspecified atom stereocenters. The molecule has 0 saturated carbocycles. The van der Waals surface area contributed by atoms with Gasteiger partial charge in [0.1, 0.15) is 0 Å². The van der Waals surface area contributed by atoms with Crippen molar-refractivity contribution in [1.82, 2.24) is 4.98 Å². The quantitative estimate of drug-likeness (QED) is 0.719. The standard InChI is InChI=1S/C14H15BrCl2N2/c1-4-8-7(3)19-14-9(13(8)18-5-2)6-10(15)11(16)12(14)17/h6H,4-5H2,1-3H3,(H,18,19). The van der Waals surface area contributed by atoms with E-state index in [1.807, 2.05) is 13.0 Å². The monoisotopic (exact) mass is 360 g/mol. The number of hydrogen-bond donors (Lipinski definition) is 1. The third-order valence-electron chi connectivity index (χ3n) is 3.13. The van der Waals surface area contributed by atoms with Gasteiger partial charge >= 0.3 is 0 Å². The van der Waals surface area contributed by atoms with Crippen LogP contribution >= 0.6 is 39.1 Å². The van der Waals surface area contributed by atoms with Crippen LogP contribution < -0.4 is 5.32 Å². The number of nitrogens with zero attached hydrogens (tertiary/aromatic N) is 1. The maximum absolute atomic E-state index is 6.32. The van der Waals surface area contributed by atoms with Crippen molar-refractivity contribution in [2.75, 3.05) is 11.9 Å². The molecule has 0 fully saturated rings. The third-order valence-corrected chi connectivity index (χ3v) is 4.84. The predicted octanol–water partition coefficient (Wildman–Crippen LogP) is 5.61. The third kappa shape index (κ3) is 2.56. The average Bonchev–Trinajstić information content (AvgIpc) is 2.38. The van der Waals surface area contributed by atoms with Crippen LogP contribution in [-0.2, 0) is 6.42 Å². The van der Waals surface area contributed by atoms with E-state index >= 15 is 0 Å². The van der Waals surface area contributed by atoms with Gasteiger partial charge in [0.15, 0.2) is 0 Å². The molecule has 0 aliphatic rings. The number of rotatable bonds is 3. The Bertz CT molecular complexity index is 641. The summed E-state index contributed by atoms with van der Waals surface area (Å²) in [6.07, 6.45) is 0.926. The fourth-order valence-corrected chi connectivity index (χ4v) is 3.21. The summed E-state index contributed by atoms with van der Waals surface area (Å²) in [5.74, 6) is 0. The summed E-state index contributed by atoms with van der Waals surface area (Å²) in [6, 6.07) is 1.98. The first-order valence-corrected chi connectivity index (χ1v) is 7.76. The molecule has 102 valence electrons. The van der Waals surface area contributed by atoms with Gasteiger partial charge in [-0.25, -0.2) is 0 Å². The predicted molar refractivity (Wildman–Crippen MR) is 87.7 cm³/mol. The van der Waals surface area contributed by atoms with Crippen molar-refractivity contribution in [3.63, 3.8) is 0 Å². The molecule has 0 atom stereocenters. The van der Waals surface area contributed by atoms with Crippen molar-refractivity contribution in [3.05, 3.63) is 31.8 Å². The second-order valence-electron chi connectivity index (χ2n) is 4.32. The largest absolute Gasteiger partial charge is 0.384 e. The average molecular weight is 362 g/mol. The van der Waals surface area contributed by atoms with Gasteiger partial charge in [-0.05, 0) is 47.8 Å². The van der Waals surface area contributed by atoms with Crippen LogP contribution in [0.2, 0.25) is 10.0 Å². The molecular formula is C14H15BrCl2N2. The molecule has 0 aliphatic carbocycles. The first-order valence-electron chi connectivity index (χ1n) is 6.21. The van der Waals surface area contributed by atoms with Crippen LogP contribution in [0.4, 0.5) is 5.69 Å². The molecule has 5 heteroatoms. The summed E-state index contributed by atoms with van der Waals surface area (Å²) in [6.45, 7) is 7.06. The highest BCUT2D eigenvalue weighted by Crippen LogP contribution is 2.40. The minimum atomic E-state index is 0.496. The highest BCUT2D eigenvalue weighted by atomic mass is 79.9. The number of pyridine rings is 1. The lowest BCUT2D eigenvalue weighted by molar-refractivity contribution is 1.06. The number of anilines is 1. The van der Waals surface area contributed by atoms with Crippen LogP contribution in [0.15, 0.2) is 10.5 Å². The fraction of sp³-hybridized carbons (Fsp3) is 0.357. The van der Waals surface area contributed by atoms with Gasteiger partial charge in [0.05, 0.1) is 15.6 Å². The van der Waals surface area contributed by atoms with Gasteiger partial charge < -0.3 is 5.32 Å². The zero-order valence-electron chi connectivity index (χ0n) is 11.1. The summed E-state index contributed by atoms with van der Waals surface area (Å²) in [5, 5.41) is 5.43. The zero-order valence-corrected chi connectivity index (χ0v) is 14.2. The van der Waals surface area contributed by atoms with Gasteiger partial charge in [0.25, 0.3) is 0 Å². The molecule has 2 aromatic rings. The van der Waals surface area contributed by atoms with Crippen LogP contribution in [0.3, 0.4) is 0 Å². The molecule has 2 rings (SSSR count). The summed E-state index contributed by atoms with van der Waals surface area (Å²) >= 11 is 15.9. The fourth-order valence-electron chi connectivity index (χ4n) is 2.28. The van der Waals surface area contributed by atoms with E-state index in [1.54, 1.807) is 0 Å². The molecule has 1 heterocycles. The lowest BCUT2D eigenvalue weighted by atomic mass is 10.0. The molecule has 2 nitrogen and oxygen atoms in total. The van der Waals surface area contributed by atoms with E-state index in [0.717, 1.165) is 39.7 Å². The Labute approximate surface area is 131 Å². The normalized spacial score (nSPS) is 11.1. The molecule has 0 bridgehead atoms. The highest BCUT2D eigenvalue weighted by molar-refractivity contribution is 9.10. The van der Waals surface area contributed by atoms with Crippen molar-refractivity contribution in [3.8, 4) is 0 Å². The van der Waals surface area contributed by atoms with Crippen molar-refractivity contribution < 1.29 is 0 Å². The van der Waals surface area contributed by atoms with Crippen LogP contribution in [-0.4, -0.2) is 11.5 Å². The van der Waals surface area contributed by atoms with Gasteiger partial charge in [-0.3, -0.25) is 4.98 Å². The number of aryl methyl sites for hydroxylation is 1. The Morgan fingerprint density at radius 2 is 1.95 bits per heavy atom.